The second-order valence-electron chi connectivity index (χ2n) is 4.35. The van der Waals surface area contributed by atoms with Gasteiger partial charge in [0.05, 0.1) is 9.83 Å². The lowest BCUT2D eigenvalue weighted by molar-refractivity contribution is -0.385. The lowest BCUT2D eigenvalue weighted by Gasteiger charge is -2.08. The Morgan fingerprint density at radius 2 is 2.13 bits per heavy atom. The van der Waals surface area contributed by atoms with Crippen LogP contribution in [0.2, 0.25) is 0 Å². The average molecular weight is 402 g/mol. The highest BCUT2D eigenvalue weighted by molar-refractivity contribution is 9.10. The molecule has 9 nitrogen and oxygen atoms in total. The molecule has 0 saturated carbocycles. The number of hydrogen-bond donors (Lipinski definition) is 2. The number of carbonyl (C=O) groups is 3. The molecule has 1 saturated heterocycles. The van der Waals surface area contributed by atoms with E-state index < -0.39 is 40.0 Å². The van der Waals surface area contributed by atoms with Gasteiger partial charge in [-0.3, -0.25) is 29.4 Å². The number of thioether (sulfide) groups is 1. The number of hydrogen-bond acceptors (Lipinski definition) is 7. The minimum atomic E-state index is -0.852. The second kappa shape index (κ2) is 6.38. The number of phenolic OH excluding ortho intramolecular Hbond substituents is 1. The van der Waals surface area contributed by atoms with Gasteiger partial charge in [0.2, 0.25) is 11.7 Å². The predicted molar refractivity (Wildman–Crippen MR) is 84.3 cm³/mol. The quantitative estimate of drug-likeness (QED) is 0.442. The van der Waals surface area contributed by atoms with Gasteiger partial charge < -0.3 is 10.8 Å². The van der Waals surface area contributed by atoms with Gasteiger partial charge in [0.15, 0.2) is 0 Å². The van der Waals surface area contributed by atoms with Crippen LogP contribution in [0, 0.1) is 10.1 Å². The van der Waals surface area contributed by atoms with E-state index in [4.69, 9.17) is 5.73 Å². The summed E-state index contributed by atoms with van der Waals surface area (Å²) in [6.45, 7) is -0.563. The van der Waals surface area contributed by atoms with Crippen molar-refractivity contribution in [2.45, 2.75) is 0 Å². The Hall–Kier alpha value is -2.40. The Labute approximate surface area is 141 Å². The maximum atomic E-state index is 12.1. The molecular weight excluding hydrogens is 394 g/mol. The number of nitrogens with two attached hydrogens (primary N) is 1. The van der Waals surface area contributed by atoms with E-state index in [0.717, 1.165) is 12.1 Å². The zero-order valence-corrected chi connectivity index (χ0v) is 13.6. The number of nitrogens with zero attached hydrogens (tertiary/aromatic N) is 2. The molecule has 23 heavy (non-hydrogen) atoms. The number of aromatic hydroxyl groups is 1. The molecule has 1 aliphatic rings. The molecule has 0 atom stereocenters. The monoisotopic (exact) mass is 401 g/mol. The highest BCUT2D eigenvalue weighted by Crippen LogP contribution is 2.38. The number of rotatable bonds is 4. The summed E-state index contributed by atoms with van der Waals surface area (Å²) in [5.41, 5.74) is 4.39. The van der Waals surface area contributed by atoms with Crippen molar-refractivity contribution < 1.29 is 24.4 Å². The summed E-state index contributed by atoms with van der Waals surface area (Å²) in [5, 5.41) is 20.1. The summed E-state index contributed by atoms with van der Waals surface area (Å²) in [6.07, 6.45) is 1.14. The summed E-state index contributed by atoms with van der Waals surface area (Å²) < 4.78 is 0.310. The van der Waals surface area contributed by atoms with Crippen molar-refractivity contribution in [1.82, 2.24) is 4.90 Å². The van der Waals surface area contributed by atoms with Gasteiger partial charge in [-0.15, -0.1) is 0 Å². The van der Waals surface area contributed by atoms with Crippen LogP contribution in [0.25, 0.3) is 6.08 Å². The molecule has 11 heteroatoms. The first-order valence-electron chi connectivity index (χ1n) is 5.91. The van der Waals surface area contributed by atoms with Crippen LogP contribution >= 0.6 is 27.7 Å². The third-order valence-corrected chi connectivity index (χ3v) is 4.12. The molecule has 1 heterocycles. The Balaban J connectivity index is 2.44. The molecule has 1 aliphatic heterocycles. The molecule has 0 radical (unpaired) electrons. The van der Waals surface area contributed by atoms with Crippen molar-refractivity contribution in [3.8, 4) is 5.75 Å². The van der Waals surface area contributed by atoms with E-state index in [2.05, 4.69) is 15.9 Å². The van der Waals surface area contributed by atoms with Gasteiger partial charge >= 0.3 is 5.69 Å². The largest absolute Gasteiger partial charge is 0.502 e. The molecule has 0 spiro atoms. The van der Waals surface area contributed by atoms with E-state index in [1.807, 2.05) is 0 Å². The first-order valence-corrected chi connectivity index (χ1v) is 7.52. The Bertz CT molecular complexity index is 778. The minimum Gasteiger partial charge on any atom is -0.502 e. The van der Waals surface area contributed by atoms with Gasteiger partial charge in [0.1, 0.15) is 6.54 Å². The van der Waals surface area contributed by atoms with Gasteiger partial charge in [0.25, 0.3) is 11.1 Å². The number of phenols is 1. The number of amides is 3. The molecule has 0 aromatic heterocycles. The van der Waals surface area contributed by atoms with Gasteiger partial charge in [-0.25, -0.2) is 0 Å². The number of imide groups is 1. The van der Waals surface area contributed by atoms with Crippen molar-refractivity contribution >= 4 is 56.5 Å². The standard InChI is InChI=1S/C12H8BrN3O6S/c13-6-1-5(10(18)7(3-6)16(21)22)2-8-11(19)15(4-9(14)17)12(20)23-8/h1-3,18H,4H2,(H2,14,17)/b8-2-. The van der Waals surface area contributed by atoms with Crippen LogP contribution in [-0.4, -0.2) is 38.5 Å². The fourth-order valence-corrected chi connectivity index (χ4v) is 3.08. The van der Waals surface area contributed by atoms with E-state index >= 15 is 0 Å². The first-order chi connectivity index (χ1) is 10.7. The molecule has 2 rings (SSSR count). The maximum absolute atomic E-state index is 12.1. The molecule has 1 fully saturated rings. The Morgan fingerprint density at radius 1 is 1.48 bits per heavy atom. The normalized spacial score (nSPS) is 16.2. The average Bonchev–Trinajstić information content (AvgIpc) is 2.69. The van der Waals surface area contributed by atoms with E-state index in [1.54, 1.807) is 0 Å². The van der Waals surface area contributed by atoms with Crippen molar-refractivity contribution in [3.63, 3.8) is 0 Å². The third kappa shape index (κ3) is 3.51. The first kappa shape index (κ1) is 17.0. The van der Waals surface area contributed by atoms with Crippen LogP contribution in [0.3, 0.4) is 0 Å². The SMILES string of the molecule is NC(=O)CN1C(=O)S/C(=C\c2cc(Br)cc([N+](=O)[O-])c2O)C1=O. The summed E-state index contributed by atoms with van der Waals surface area (Å²) in [6, 6.07) is 2.45. The topological polar surface area (TPSA) is 144 Å². The molecule has 3 N–H and O–H groups in total. The number of nitro benzene ring substituents is 1. The van der Waals surface area contributed by atoms with Crippen LogP contribution in [0.15, 0.2) is 21.5 Å². The summed E-state index contributed by atoms with van der Waals surface area (Å²) >= 11 is 3.60. The molecular formula is C12H8BrN3O6S. The molecule has 120 valence electrons. The molecule has 1 aromatic rings. The van der Waals surface area contributed by atoms with Crippen LogP contribution < -0.4 is 5.73 Å². The number of nitro groups is 1. The Morgan fingerprint density at radius 3 is 2.70 bits per heavy atom. The fourth-order valence-electron chi connectivity index (χ4n) is 1.79. The zero-order valence-electron chi connectivity index (χ0n) is 11.2. The highest BCUT2D eigenvalue weighted by Gasteiger charge is 2.36. The molecule has 0 aliphatic carbocycles. The van der Waals surface area contributed by atoms with Crippen LogP contribution in [0.4, 0.5) is 10.5 Å². The van der Waals surface area contributed by atoms with Crippen molar-refractivity contribution in [2.24, 2.45) is 5.73 Å². The molecule has 0 bridgehead atoms. The number of carbonyl (C=O) groups excluding carboxylic acids is 3. The fraction of sp³-hybridized carbons (Fsp3) is 0.0833. The van der Waals surface area contributed by atoms with E-state index in [9.17, 15) is 29.6 Å². The molecule has 3 amide bonds. The van der Waals surface area contributed by atoms with Crippen molar-refractivity contribution in [1.29, 1.82) is 0 Å². The second-order valence-corrected chi connectivity index (χ2v) is 6.26. The van der Waals surface area contributed by atoms with Gasteiger partial charge in [0, 0.05) is 16.1 Å². The van der Waals surface area contributed by atoms with Gasteiger partial charge in [-0.2, -0.15) is 0 Å². The number of halogens is 1. The van der Waals surface area contributed by atoms with E-state index in [1.165, 1.54) is 6.07 Å². The van der Waals surface area contributed by atoms with Gasteiger partial charge in [-0.05, 0) is 23.9 Å². The van der Waals surface area contributed by atoms with E-state index in [-0.39, 0.29) is 10.5 Å². The minimum absolute atomic E-state index is 0.0179. The zero-order chi connectivity index (χ0) is 17.3. The number of benzene rings is 1. The maximum Gasteiger partial charge on any atom is 0.312 e. The highest BCUT2D eigenvalue weighted by atomic mass is 79.9. The van der Waals surface area contributed by atoms with Crippen molar-refractivity contribution in [2.75, 3.05) is 6.54 Å². The number of primary amides is 1. The molecule has 1 aromatic carbocycles. The predicted octanol–water partition coefficient (Wildman–Crippen LogP) is 1.58. The Kier molecular flexibility index (Phi) is 4.71. The lowest BCUT2D eigenvalue weighted by atomic mass is 10.1. The third-order valence-electron chi connectivity index (χ3n) is 2.75. The van der Waals surface area contributed by atoms with Gasteiger partial charge in [-0.1, -0.05) is 15.9 Å². The summed E-state index contributed by atoms with van der Waals surface area (Å²) in [5.74, 6) is -2.25. The lowest BCUT2D eigenvalue weighted by Crippen LogP contribution is -2.36. The summed E-state index contributed by atoms with van der Waals surface area (Å²) in [4.78, 5) is 45.3. The van der Waals surface area contributed by atoms with Crippen molar-refractivity contribution in [3.05, 3.63) is 37.2 Å². The van der Waals surface area contributed by atoms with E-state index in [0.29, 0.717) is 21.1 Å². The van der Waals surface area contributed by atoms with Crippen LogP contribution in [0.1, 0.15) is 5.56 Å². The smallest absolute Gasteiger partial charge is 0.312 e. The molecule has 0 unspecified atom stereocenters. The van der Waals surface area contributed by atoms with Crippen LogP contribution in [-0.2, 0) is 9.59 Å². The summed E-state index contributed by atoms with van der Waals surface area (Å²) in [7, 11) is 0. The van der Waals surface area contributed by atoms with Crippen LogP contribution in [0.5, 0.6) is 5.75 Å².